The molecule has 14 rings (SSSR count). The van der Waals surface area contributed by atoms with E-state index in [0.29, 0.717) is 126 Å². The predicted molar refractivity (Wildman–Crippen MR) is 346 cm³/mol. The number of esters is 2. The molecule has 0 radical (unpaired) electrons. The van der Waals surface area contributed by atoms with Gasteiger partial charge in [0.2, 0.25) is 0 Å². The summed E-state index contributed by atoms with van der Waals surface area (Å²) in [6, 6.07) is 14.9. The first-order valence-corrected chi connectivity index (χ1v) is 31.8. The topological polar surface area (TPSA) is 274 Å². The van der Waals surface area contributed by atoms with Crippen LogP contribution in [0.5, 0.6) is 0 Å². The monoisotopic (exact) mass is 1260 g/mol. The van der Waals surface area contributed by atoms with Crippen LogP contribution in [0.2, 0.25) is 0 Å². The van der Waals surface area contributed by atoms with Gasteiger partial charge in [-0.05, 0) is 131 Å². The van der Waals surface area contributed by atoms with E-state index in [9.17, 15) is 33.6 Å². The van der Waals surface area contributed by atoms with Gasteiger partial charge in [0.25, 0.3) is 22.9 Å². The van der Waals surface area contributed by atoms with Crippen LogP contribution in [-0.4, -0.2) is 114 Å². The fourth-order valence-corrected chi connectivity index (χ4v) is 13.5. The third-order valence-electron chi connectivity index (χ3n) is 17.9. The molecule has 0 atom stereocenters. The van der Waals surface area contributed by atoms with E-state index in [1.807, 2.05) is 60.5 Å². The molecule has 0 saturated heterocycles. The molecule has 0 bridgehead atoms. The number of aryl methyl sites for hydroxylation is 4. The summed E-state index contributed by atoms with van der Waals surface area (Å²) in [6.45, 7) is 13.8. The fraction of sp³-hybridized carbons (Fsp3) is 0.418. The zero-order chi connectivity index (χ0) is 65.0. The largest absolute Gasteiger partial charge is 0.461 e. The van der Waals surface area contributed by atoms with Crippen molar-refractivity contribution in [2.45, 2.75) is 144 Å². The van der Waals surface area contributed by atoms with Crippen LogP contribution in [0.15, 0.2) is 82.9 Å². The number of aromatic nitrogens is 10. The molecule has 484 valence electrons. The van der Waals surface area contributed by atoms with Gasteiger partial charge in [-0.2, -0.15) is 10.2 Å². The smallest absolute Gasteiger partial charge is 0.410 e. The highest BCUT2D eigenvalue weighted by Gasteiger charge is 2.36. The number of ether oxygens (including phenoxy) is 3. The number of pyridine rings is 4. The molecule has 6 aliphatic rings. The number of anilines is 6. The van der Waals surface area contributed by atoms with Crippen LogP contribution < -0.4 is 36.9 Å². The first-order valence-electron chi connectivity index (χ1n) is 31.8. The number of carbonyl (C=O) groups excluding carboxylic acids is 5. The van der Waals surface area contributed by atoms with Gasteiger partial charge < -0.3 is 53.3 Å². The van der Waals surface area contributed by atoms with E-state index in [4.69, 9.17) is 14.2 Å². The van der Waals surface area contributed by atoms with Crippen LogP contribution in [0.1, 0.15) is 126 Å². The summed E-state index contributed by atoms with van der Waals surface area (Å²) in [5.74, 6) is 0.758. The second-order valence-corrected chi connectivity index (χ2v) is 25.4. The third kappa shape index (κ3) is 12.5. The number of nitrogens with zero attached hydrogens (tertiary/aromatic N) is 13. The third-order valence-corrected chi connectivity index (χ3v) is 17.9. The first kappa shape index (κ1) is 61.7. The Kier molecular flexibility index (Phi) is 16.7. The second kappa shape index (κ2) is 25.2. The van der Waals surface area contributed by atoms with Crippen molar-refractivity contribution in [3.05, 3.63) is 150 Å². The maximum absolute atomic E-state index is 14.0. The molecule has 2 aliphatic carbocycles. The average Bonchev–Trinajstić information content (AvgIpc) is 1.73. The number of hydrogen-bond donors (Lipinski definition) is 3. The molecule has 3 N–H and O–H groups in total. The highest BCUT2D eigenvalue weighted by atomic mass is 16.6. The molecule has 26 heteroatoms. The summed E-state index contributed by atoms with van der Waals surface area (Å²) in [5, 5.41) is 19.0. The Morgan fingerprint density at radius 3 is 1.56 bits per heavy atom. The van der Waals surface area contributed by atoms with Crippen molar-refractivity contribution in [3.63, 3.8) is 0 Å². The lowest BCUT2D eigenvalue weighted by atomic mass is 9.98. The SMILES string of the molecule is CC(=O)OCc1c(-c2cc(Nc3cc4n(n3)CCN(C(=O)OC(C)(C)C)C4)c(=O)n(C)c2)ccnc1N1CCn2c(cc3c2CCCC3)C1=O.CC(=O)OCc1c(-c2cc(Nc3cc4n(n3)CCNC4)c(=O)n(C)c2)ccnc1N1CCn2c(cc3c2CCCC3)C1=O. The van der Waals surface area contributed by atoms with Gasteiger partial charge in [-0.3, -0.25) is 47.9 Å². The lowest BCUT2D eigenvalue weighted by Gasteiger charge is -2.31. The number of carbonyl (C=O) groups is 5. The molecule has 3 amide bonds. The highest BCUT2D eigenvalue weighted by molar-refractivity contribution is 6.07. The highest BCUT2D eigenvalue weighted by Crippen LogP contribution is 2.38. The van der Waals surface area contributed by atoms with Crippen molar-refractivity contribution >= 4 is 64.5 Å². The van der Waals surface area contributed by atoms with Crippen LogP contribution in [0.3, 0.4) is 0 Å². The molecule has 26 nitrogen and oxygen atoms in total. The van der Waals surface area contributed by atoms with Crippen molar-refractivity contribution in [1.29, 1.82) is 0 Å². The van der Waals surface area contributed by atoms with E-state index in [0.717, 1.165) is 75.8 Å². The number of nitrogens with one attached hydrogen (secondary N) is 3. The first-order chi connectivity index (χ1) is 44.7. The minimum absolute atomic E-state index is 0.0680. The lowest BCUT2D eigenvalue weighted by Crippen LogP contribution is -2.41. The van der Waals surface area contributed by atoms with Crippen molar-refractivity contribution in [1.82, 2.24) is 58.0 Å². The standard InChI is InChI=1S/C36H42N8O6.C31H34N8O4/c1-22(45)49-21-27-26(10-11-37-32(27)43-14-13-42-29-9-7-6-8-23(29)17-30(42)34(43)47)24-16-28(33(46)40(5)19-24)38-31-18-25-20-41(12-15-44(25)39-31)35(48)50-36(2,3)4;1-19(40)43-18-24-23(21-13-25(30(41)36(2)17-21)34-28-15-22-16-32-9-10-39(22)35-28)7-8-33-29(24)38-12-11-37-26-6-4-3-5-20(26)14-27(37)31(38)42/h10-11,16-19H,6-9,12-15,20-21H2,1-5H3,(H,38,39);7-8,13-15,17,32H,3-6,9-12,16,18H2,1-2H3,(H,34,35). The maximum Gasteiger partial charge on any atom is 0.410 e. The zero-order valence-electron chi connectivity index (χ0n) is 53.5. The Bertz CT molecular complexity index is 4420. The van der Waals surface area contributed by atoms with Crippen molar-refractivity contribution < 1.29 is 38.2 Å². The summed E-state index contributed by atoms with van der Waals surface area (Å²) < 4.78 is 27.6. The van der Waals surface area contributed by atoms with Crippen LogP contribution in [0.25, 0.3) is 22.3 Å². The van der Waals surface area contributed by atoms with Gasteiger partial charge in [-0.15, -0.1) is 0 Å². The van der Waals surface area contributed by atoms with E-state index in [1.165, 1.54) is 45.5 Å². The number of fused-ring (bicyclic) bond motifs is 8. The quantitative estimate of drug-likeness (QED) is 0.0792. The summed E-state index contributed by atoms with van der Waals surface area (Å²) in [7, 11) is 3.35. The number of amides is 3. The molecule has 93 heavy (non-hydrogen) atoms. The van der Waals surface area contributed by atoms with Crippen molar-refractivity contribution in [2.24, 2.45) is 14.1 Å². The lowest BCUT2D eigenvalue weighted by molar-refractivity contribution is -0.143. The van der Waals surface area contributed by atoms with E-state index in [2.05, 4.69) is 45.2 Å². The average molecular weight is 1270 g/mol. The second-order valence-electron chi connectivity index (χ2n) is 25.4. The molecule has 12 heterocycles. The molecule has 0 saturated carbocycles. The summed E-state index contributed by atoms with van der Waals surface area (Å²) in [4.78, 5) is 105. The van der Waals surface area contributed by atoms with Gasteiger partial charge in [-0.25, -0.2) is 14.8 Å². The van der Waals surface area contributed by atoms with Crippen LogP contribution in [-0.2, 0) is 116 Å². The Balaban J connectivity index is 0.000000171. The Hall–Kier alpha value is -10.1. The molecule has 0 aromatic carbocycles. The Morgan fingerprint density at radius 1 is 0.591 bits per heavy atom. The molecular formula is C67H76N16O10. The van der Waals surface area contributed by atoms with Gasteiger partial charge in [0.15, 0.2) is 11.6 Å². The van der Waals surface area contributed by atoms with Gasteiger partial charge in [-0.1, -0.05) is 0 Å². The maximum atomic E-state index is 14.0. The Morgan fingerprint density at radius 2 is 1.08 bits per heavy atom. The molecule has 8 aromatic heterocycles. The fourth-order valence-electron chi connectivity index (χ4n) is 13.5. The normalized spacial score (nSPS) is 15.8. The minimum atomic E-state index is -0.602. The van der Waals surface area contributed by atoms with Crippen molar-refractivity contribution in [2.75, 3.05) is 46.6 Å². The van der Waals surface area contributed by atoms with Crippen LogP contribution in [0.4, 0.5) is 39.4 Å². The van der Waals surface area contributed by atoms with Gasteiger partial charge >= 0.3 is 18.0 Å². The summed E-state index contributed by atoms with van der Waals surface area (Å²) in [6.07, 6.45) is 14.8. The van der Waals surface area contributed by atoms with E-state index in [-0.39, 0.29) is 47.9 Å². The molecule has 8 aromatic rings. The summed E-state index contributed by atoms with van der Waals surface area (Å²) in [5.41, 5.74) is 11.7. The predicted octanol–water partition coefficient (Wildman–Crippen LogP) is 7.44. The molecular weight excluding hydrogens is 1190 g/mol. The van der Waals surface area contributed by atoms with Gasteiger partial charge in [0, 0.05) is 144 Å². The van der Waals surface area contributed by atoms with Crippen molar-refractivity contribution in [3.8, 4) is 22.3 Å². The van der Waals surface area contributed by atoms with Crippen LogP contribution in [0, 0.1) is 0 Å². The molecule has 4 aliphatic heterocycles. The number of rotatable bonds is 12. The Labute approximate surface area is 536 Å². The molecule has 0 fully saturated rings. The van der Waals surface area contributed by atoms with Crippen LogP contribution >= 0.6 is 0 Å². The van der Waals surface area contributed by atoms with E-state index in [1.54, 1.807) is 71.8 Å². The van der Waals surface area contributed by atoms with Gasteiger partial charge in [0.1, 0.15) is 53.2 Å². The summed E-state index contributed by atoms with van der Waals surface area (Å²) >= 11 is 0. The molecule has 0 spiro atoms. The molecule has 0 unspecified atom stereocenters. The zero-order valence-corrected chi connectivity index (χ0v) is 53.5. The van der Waals surface area contributed by atoms with E-state index < -0.39 is 17.5 Å². The van der Waals surface area contributed by atoms with Gasteiger partial charge in [0.05, 0.1) is 31.0 Å². The number of hydrogen-bond acceptors (Lipinski definition) is 17. The minimum Gasteiger partial charge on any atom is -0.461 e. The van der Waals surface area contributed by atoms with E-state index >= 15 is 0 Å².